The highest BCUT2D eigenvalue weighted by Gasteiger charge is 2.32. The lowest BCUT2D eigenvalue weighted by Gasteiger charge is -2.15. The van der Waals surface area contributed by atoms with Crippen LogP contribution in [0.1, 0.15) is 64.9 Å². The van der Waals surface area contributed by atoms with Crippen molar-refractivity contribution in [2.45, 2.75) is 59.3 Å². The van der Waals surface area contributed by atoms with E-state index in [2.05, 4.69) is 22.9 Å². The number of hydrogen-bond donors (Lipinski definition) is 0. The maximum absolute atomic E-state index is 12.9. The van der Waals surface area contributed by atoms with Crippen molar-refractivity contribution in [3.8, 4) is 11.5 Å². The maximum atomic E-state index is 12.9. The Labute approximate surface area is 214 Å². The zero-order chi connectivity index (χ0) is 24.2. The smallest absolute Gasteiger partial charge is 0.307 e. The van der Waals surface area contributed by atoms with Crippen molar-refractivity contribution in [3.05, 3.63) is 27.1 Å². The van der Waals surface area contributed by atoms with Crippen LogP contribution < -0.4 is 9.47 Å². The molecule has 0 aliphatic carbocycles. The molecule has 1 saturated heterocycles. The van der Waals surface area contributed by atoms with E-state index in [1.54, 1.807) is 6.08 Å². The molecule has 6 nitrogen and oxygen atoms in total. The summed E-state index contributed by atoms with van der Waals surface area (Å²) < 4.78 is 18.1. The average Bonchev–Trinajstić information content (AvgIpc) is 3.04. The molecule has 9 heteroatoms. The Morgan fingerprint density at radius 1 is 1.12 bits per heavy atom. The molecule has 1 aliphatic rings. The number of benzene rings is 1. The number of thiocarbonyl (C=S) groups is 1. The summed E-state index contributed by atoms with van der Waals surface area (Å²) in [7, 11) is 0. The fourth-order valence-electron chi connectivity index (χ4n) is 3.11. The van der Waals surface area contributed by atoms with Crippen molar-refractivity contribution in [2.75, 3.05) is 26.4 Å². The molecule has 1 amide bonds. The minimum Gasteiger partial charge on any atom is -0.490 e. The second-order valence-electron chi connectivity index (χ2n) is 7.48. The third kappa shape index (κ3) is 8.61. The SMILES string of the molecule is CCCCCCOc1c(Br)cc(/C=C2\SC(=S)N(CCC(=O)OCCC)C2=O)cc1OCC. The molecule has 182 valence electrons. The van der Waals surface area contributed by atoms with Gasteiger partial charge in [-0.3, -0.25) is 14.5 Å². The molecule has 0 N–H and O–H groups in total. The van der Waals surface area contributed by atoms with Gasteiger partial charge in [-0.05, 0) is 59.5 Å². The summed E-state index contributed by atoms with van der Waals surface area (Å²) in [5, 5.41) is 0. The van der Waals surface area contributed by atoms with Gasteiger partial charge in [0.05, 0.1) is 35.6 Å². The Hall–Kier alpha value is -1.58. The second-order valence-corrected chi connectivity index (χ2v) is 10.0. The number of amides is 1. The number of rotatable bonds is 14. The Balaban J connectivity index is 2.11. The first kappa shape index (κ1) is 27.7. The quantitative estimate of drug-likeness (QED) is 0.114. The van der Waals surface area contributed by atoms with Crippen molar-refractivity contribution in [2.24, 2.45) is 0 Å². The van der Waals surface area contributed by atoms with Crippen molar-refractivity contribution in [1.29, 1.82) is 0 Å². The first-order chi connectivity index (χ1) is 15.9. The molecule has 1 aliphatic heterocycles. The van der Waals surface area contributed by atoms with E-state index < -0.39 is 0 Å². The average molecular weight is 559 g/mol. The van der Waals surface area contributed by atoms with Gasteiger partial charge in [-0.15, -0.1) is 0 Å². The second kappa shape index (κ2) is 14.6. The van der Waals surface area contributed by atoms with Gasteiger partial charge < -0.3 is 14.2 Å². The molecule has 1 aromatic carbocycles. The van der Waals surface area contributed by atoms with Crippen molar-refractivity contribution >= 4 is 62.2 Å². The van der Waals surface area contributed by atoms with Crippen LogP contribution in [0, 0.1) is 0 Å². The van der Waals surface area contributed by atoms with Crippen molar-refractivity contribution < 1.29 is 23.8 Å². The van der Waals surface area contributed by atoms with E-state index in [1.165, 1.54) is 29.5 Å². The highest BCUT2D eigenvalue weighted by molar-refractivity contribution is 9.10. The number of hydrogen-bond acceptors (Lipinski definition) is 7. The first-order valence-corrected chi connectivity index (χ1v) is 13.4. The number of carbonyl (C=O) groups is 2. The van der Waals surface area contributed by atoms with E-state index in [1.807, 2.05) is 26.0 Å². The predicted molar refractivity (Wildman–Crippen MR) is 141 cm³/mol. The largest absolute Gasteiger partial charge is 0.490 e. The van der Waals surface area contributed by atoms with E-state index in [9.17, 15) is 9.59 Å². The van der Waals surface area contributed by atoms with Crippen LogP contribution >= 0.6 is 39.9 Å². The summed E-state index contributed by atoms with van der Waals surface area (Å²) in [4.78, 5) is 26.6. The zero-order valence-corrected chi connectivity index (χ0v) is 22.7. The van der Waals surface area contributed by atoms with Crippen LogP contribution in [0.2, 0.25) is 0 Å². The summed E-state index contributed by atoms with van der Waals surface area (Å²) in [5.41, 5.74) is 0.798. The van der Waals surface area contributed by atoms with Gasteiger partial charge in [0, 0.05) is 6.54 Å². The molecule has 0 unspecified atom stereocenters. The van der Waals surface area contributed by atoms with Gasteiger partial charge in [-0.2, -0.15) is 0 Å². The van der Waals surface area contributed by atoms with Gasteiger partial charge in [0.25, 0.3) is 5.91 Å². The monoisotopic (exact) mass is 557 g/mol. The summed E-state index contributed by atoms with van der Waals surface area (Å²) in [6.45, 7) is 7.74. The Morgan fingerprint density at radius 2 is 1.91 bits per heavy atom. The molecular weight excluding hydrogens is 526 g/mol. The maximum Gasteiger partial charge on any atom is 0.307 e. The van der Waals surface area contributed by atoms with Crippen LogP contribution in [-0.4, -0.2) is 47.5 Å². The van der Waals surface area contributed by atoms with Crippen molar-refractivity contribution in [1.82, 2.24) is 4.90 Å². The van der Waals surface area contributed by atoms with E-state index >= 15 is 0 Å². The van der Waals surface area contributed by atoms with Crippen LogP contribution in [0.3, 0.4) is 0 Å². The molecule has 0 radical (unpaired) electrons. The molecule has 0 atom stereocenters. The number of halogens is 1. The fraction of sp³-hybridized carbons (Fsp3) is 0.542. The number of esters is 1. The number of nitrogens with zero attached hydrogens (tertiary/aromatic N) is 1. The molecule has 0 bridgehead atoms. The fourth-order valence-corrected chi connectivity index (χ4v) is 5.00. The third-order valence-electron chi connectivity index (χ3n) is 4.75. The summed E-state index contributed by atoms with van der Waals surface area (Å²) >= 11 is 10.2. The van der Waals surface area contributed by atoms with Crippen LogP contribution in [0.15, 0.2) is 21.5 Å². The van der Waals surface area contributed by atoms with Gasteiger partial charge in [0.2, 0.25) is 0 Å². The van der Waals surface area contributed by atoms with Gasteiger partial charge in [0.1, 0.15) is 4.32 Å². The Kier molecular flexibility index (Phi) is 12.3. The minimum atomic E-state index is -0.328. The summed E-state index contributed by atoms with van der Waals surface area (Å²) in [5.74, 6) is 0.760. The molecule has 1 fully saturated rings. The van der Waals surface area contributed by atoms with Gasteiger partial charge >= 0.3 is 5.97 Å². The highest BCUT2D eigenvalue weighted by Crippen LogP contribution is 2.39. The third-order valence-corrected chi connectivity index (χ3v) is 6.72. The zero-order valence-electron chi connectivity index (χ0n) is 19.5. The Bertz CT molecular complexity index is 875. The number of unbranched alkanes of at least 4 members (excludes halogenated alkanes) is 3. The van der Waals surface area contributed by atoms with Crippen molar-refractivity contribution in [3.63, 3.8) is 0 Å². The molecule has 0 saturated carbocycles. The van der Waals surface area contributed by atoms with Crippen LogP contribution in [0.25, 0.3) is 6.08 Å². The summed E-state index contributed by atoms with van der Waals surface area (Å²) in [6, 6.07) is 3.77. The van der Waals surface area contributed by atoms with E-state index in [4.69, 9.17) is 26.4 Å². The number of ether oxygens (including phenoxy) is 3. The van der Waals surface area contributed by atoms with Gasteiger partial charge in [0.15, 0.2) is 11.5 Å². The Morgan fingerprint density at radius 3 is 2.61 bits per heavy atom. The first-order valence-electron chi connectivity index (χ1n) is 11.4. The molecule has 2 rings (SSSR count). The summed E-state index contributed by atoms with van der Waals surface area (Å²) in [6.07, 6.45) is 7.16. The number of carbonyl (C=O) groups excluding carboxylic acids is 2. The molecule has 33 heavy (non-hydrogen) atoms. The molecule has 0 aromatic heterocycles. The molecule has 1 aromatic rings. The lowest BCUT2D eigenvalue weighted by atomic mass is 10.1. The molecule has 0 spiro atoms. The predicted octanol–water partition coefficient (Wildman–Crippen LogP) is 6.35. The van der Waals surface area contributed by atoms with Gasteiger partial charge in [-0.1, -0.05) is 57.1 Å². The normalized spacial score (nSPS) is 14.8. The van der Waals surface area contributed by atoms with Crippen LogP contribution in [-0.2, 0) is 14.3 Å². The van der Waals surface area contributed by atoms with E-state index in [-0.39, 0.29) is 24.8 Å². The lowest BCUT2D eigenvalue weighted by Crippen LogP contribution is -2.30. The standard InChI is InChI=1S/C24H32BrNO5S2/c1-4-7-8-9-13-31-22-18(25)14-17(15-19(22)29-6-3)16-20-23(28)26(24(32)33-20)11-10-21(27)30-12-5-2/h14-16H,4-13H2,1-3H3/b20-16-. The number of thioether (sulfide) groups is 1. The minimum absolute atomic E-state index is 0.115. The van der Waals surface area contributed by atoms with E-state index in [0.29, 0.717) is 40.5 Å². The van der Waals surface area contributed by atoms with E-state index in [0.717, 1.165) is 29.3 Å². The van der Waals surface area contributed by atoms with Crippen LogP contribution in [0.4, 0.5) is 0 Å². The lowest BCUT2D eigenvalue weighted by molar-refractivity contribution is -0.143. The molecular formula is C24H32BrNO5S2. The van der Waals surface area contributed by atoms with Crippen LogP contribution in [0.5, 0.6) is 11.5 Å². The van der Waals surface area contributed by atoms with Gasteiger partial charge in [-0.25, -0.2) is 0 Å². The highest BCUT2D eigenvalue weighted by atomic mass is 79.9. The molecule has 1 heterocycles. The topological polar surface area (TPSA) is 65.1 Å².